The summed E-state index contributed by atoms with van der Waals surface area (Å²) in [5, 5.41) is 10.2. The minimum atomic E-state index is 0.517. The zero-order valence-electron chi connectivity index (χ0n) is 14.9. The van der Waals surface area contributed by atoms with E-state index in [0.717, 1.165) is 29.0 Å². The van der Waals surface area contributed by atoms with E-state index in [1.807, 2.05) is 11.7 Å². The van der Waals surface area contributed by atoms with Gasteiger partial charge in [0.05, 0.1) is 15.7 Å². The van der Waals surface area contributed by atoms with E-state index in [-0.39, 0.29) is 0 Å². The Morgan fingerprint density at radius 3 is 2.77 bits per heavy atom. The minimum Gasteiger partial charge on any atom is -0.310 e. The van der Waals surface area contributed by atoms with Gasteiger partial charge in [0.25, 0.3) is 0 Å². The van der Waals surface area contributed by atoms with Crippen LogP contribution in [0.1, 0.15) is 18.4 Å². The summed E-state index contributed by atoms with van der Waals surface area (Å²) in [6, 6.07) is 13.5. The van der Waals surface area contributed by atoms with Crippen molar-refractivity contribution in [3.8, 4) is 11.1 Å². The first-order chi connectivity index (χ1) is 12.7. The van der Waals surface area contributed by atoms with Crippen LogP contribution in [-0.4, -0.2) is 27.4 Å². The van der Waals surface area contributed by atoms with Gasteiger partial charge in [-0.15, -0.1) is 11.3 Å². The fourth-order valence-corrected chi connectivity index (χ4v) is 4.67. The highest BCUT2D eigenvalue weighted by Gasteiger charge is 2.15. The van der Waals surface area contributed by atoms with Crippen LogP contribution in [0.25, 0.3) is 37.8 Å². The van der Waals surface area contributed by atoms with Gasteiger partial charge in [-0.1, -0.05) is 18.2 Å². The van der Waals surface area contributed by atoms with E-state index in [9.17, 15) is 0 Å². The summed E-state index contributed by atoms with van der Waals surface area (Å²) in [7, 11) is 1.96. The molecule has 130 valence electrons. The Bertz CT molecular complexity index is 1150. The zero-order chi connectivity index (χ0) is 17.7. The molecule has 3 heterocycles. The summed E-state index contributed by atoms with van der Waals surface area (Å²) >= 11 is 1.80. The molecular formula is C21H20N4S. The topological polar surface area (TPSA) is 42.7 Å². The Hall–Kier alpha value is -2.50. The maximum Gasteiger partial charge on any atom is 0.120 e. The molecule has 0 saturated heterocycles. The van der Waals surface area contributed by atoms with Crippen molar-refractivity contribution in [1.29, 1.82) is 0 Å². The van der Waals surface area contributed by atoms with Gasteiger partial charge in [0.2, 0.25) is 0 Å². The van der Waals surface area contributed by atoms with E-state index < -0.39 is 0 Å². The molecule has 0 fully saturated rings. The highest BCUT2D eigenvalue weighted by atomic mass is 32.1. The fraction of sp³-hybridized carbons (Fsp3) is 0.238. The first-order valence-electron chi connectivity index (χ1n) is 8.93. The van der Waals surface area contributed by atoms with Crippen LogP contribution in [-0.2, 0) is 7.05 Å². The molecule has 0 spiro atoms. The van der Waals surface area contributed by atoms with E-state index in [0.29, 0.717) is 6.04 Å². The summed E-state index contributed by atoms with van der Waals surface area (Å²) in [4.78, 5) is 4.87. The fourth-order valence-electron chi connectivity index (χ4n) is 3.61. The summed E-state index contributed by atoms with van der Waals surface area (Å²) < 4.78 is 3.11. The van der Waals surface area contributed by atoms with Crippen molar-refractivity contribution in [3.63, 3.8) is 0 Å². The van der Waals surface area contributed by atoms with Crippen molar-refractivity contribution in [2.24, 2.45) is 7.05 Å². The average Bonchev–Trinajstić information content (AvgIpc) is 3.22. The SMILES string of the molecule is CC1CC(c2nc3ccc(-c4ccc5nn(C)cc5c4)cc3s2)=CCN1. The van der Waals surface area contributed by atoms with Gasteiger partial charge < -0.3 is 5.32 Å². The summed E-state index contributed by atoms with van der Waals surface area (Å²) in [6.45, 7) is 3.16. The molecule has 1 aliphatic heterocycles. The van der Waals surface area contributed by atoms with Crippen LogP contribution in [0, 0.1) is 0 Å². The molecule has 1 unspecified atom stereocenters. The van der Waals surface area contributed by atoms with Crippen molar-refractivity contribution in [1.82, 2.24) is 20.1 Å². The van der Waals surface area contributed by atoms with Crippen LogP contribution in [0.15, 0.2) is 48.7 Å². The summed E-state index contributed by atoms with van der Waals surface area (Å²) in [5.74, 6) is 0. The van der Waals surface area contributed by atoms with Gasteiger partial charge in [-0.2, -0.15) is 5.10 Å². The molecule has 5 rings (SSSR count). The average molecular weight is 360 g/mol. The number of hydrogen-bond donors (Lipinski definition) is 1. The van der Waals surface area contributed by atoms with Crippen LogP contribution in [0.5, 0.6) is 0 Å². The number of nitrogens with zero attached hydrogens (tertiary/aromatic N) is 3. The van der Waals surface area contributed by atoms with Crippen molar-refractivity contribution in [2.75, 3.05) is 6.54 Å². The van der Waals surface area contributed by atoms with Gasteiger partial charge in [0.1, 0.15) is 5.01 Å². The predicted octanol–water partition coefficient (Wildman–Crippen LogP) is 4.62. The highest BCUT2D eigenvalue weighted by molar-refractivity contribution is 7.19. The molecule has 0 aliphatic carbocycles. The van der Waals surface area contributed by atoms with Crippen molar-refractivity contribution in [2.45, 2.75) is 19.4 Å². The number of hydrogen-bond acceptors (Lipinski definition) is 4. The van der Waals surface area contributed by atoms with Gasteiger partial charge in [0.15, 0.2) is 0 Å². The molecular weight excluding hydrogens is 340 g/mol. The summed E-state index contributed by atoms with van der Waals surface area (Å²) in [5.41, 5.74) is 5.94. The molecule has 1 atom stereocenters. The molecule has 0 radical (unpaired) electrons. The lowest BCUT2D eigenvalue weighted by Gasteiger charge is -2.19. The zero-order valence-corrected chi connectivity index (χ0v) is 15.7. The van der Waals surface area contributed by atoms with Gasteiger partial charge in [-0.25, -0.2) is 4.98 Å². The largest absolute Gasteiger partial charge is 0.310 e. The minimum absolute atomic E-state index is 0.517. The molecule has 4 nitrogen and oxygen atoms in total. The van der Waals surface area contributed by atoms with Crippen LogP contribution in [0.4, 0.5) is 0 Å². The van der Waals surface area contributed by atoms with Crippen LogP contribution < -0.4 is 5.32 Å². The molecule has 1 N–H and O–H groups in total. The lowest BCUT2D eigenvalue weighted by molar-refractivity contribution is 0.579. The number of aryl methyl sites for hydroxylation is 1. The molecule has 0 bridgehead atoms. The Morgan fingerprint density at radius 1 is 1.12 bits per heavy atom. The number of nitrogens with one attached hydrogen (secondary N) is 1. The molecule has 1 aliphatic rings. The van der Waals surface area contributed by atoms with Crippen molar-refractivity contribution in [3.05, 3.63) is 53.7 Å². The lowest BCUT2D eigenvalue weighted by Crippen LogP contribution is -2.29. The second-order valence-electron chi connectivity index (χ2n) is 7.02. The van der Waals surface area contributed by atoms with E-state index in [2.05, 4.69) is 66.0 Å². The third-order valence-corrected chi connectivity index (χ3v) is 6.05. The number of thiazole rings is 1. The van der Waals surface area contributed by atoms with Crippen molar-refractivity contribution < 1.29 is 0 Å². The number of aromatic nitrogens is 3. The third-order valence-electron chi connectivity index (χ3n) is 4.96. The maximum atomic E-state index is 4.87. The molecule has 0 amide bonds. The maximum absolute atomic E-state index is 4.87. The van der Waals surface area contributed by atoms with Crippen LogP contribution in [0.3, 0.4) is 0 Å². The van der Waals surface area contributed by atoms with Gasteiger partial charge >= 0.3 is 0 Å². The number of benzene rings is 2. The van der Waals surface area contributed by atoms with Gasteiger partial charge in [-0.3, -0.25) is 4.68 Å². The van der Waals surface area contributed by atoms with Crippen LogP contribution in [0.2, 0.25) is 0 Å². The molecule has 0 saturated carbocycles. The van der Waals surface area contributed by atoms with E-state index in [1.165, 1.54) is 26.8 Å². The molecule has 4 aromatic rings. The molecule has 2 aromatic heterocycles. The Labute approximate surface area is 156 Å². The third kappa shape index (κ3) is 2.73. The molecule has 26 heavy (non-hydrogen) atoms. The van der Waals surface area contributed by atoms with Gasteiger partial charge in [-0.05, 0) is 54.3 Å². The first-order valence-corrected chi connectivity index (χ1v) is 9.74. The second-order valence-corrected chi connectivity index (χ2v) is 8.05. The second kappa shape index (κ2) is 6.04. The van der Waals surface area contributed by atoms with Gasteiger partial charge in [0, 0.05) is 31.2 Å². The number of rotatable bonds is 2. The standard InChI is InChI=1S/C21H20N4S/c1-13-9-16(7-8-22-13)21-23-19-6-4-15(11-20(19)26-21)14-3-5-18-17(10-14)12-25(2)24-18/h3-7,10-13,22H,8-9H2,1-2H3. The summed E-state index contributed by atoms with van der Waals surface area (Å²) in [6.07, 6.45) is 5.38. The first kappa shape index (κ1) is 15.7. The Balaban J connectivity index is 1.55. The highest BCUT2D eigenvalue weighted by Crippen LogP contribution is 2.33. The normalized spacial score (nSPS) is 17.8. The predicted molar refractivity (Wildman–Crippen MR) is 109 cm³/mol. The van der Waals surface area contributed by atoms with Crippen LogP contribution >= 0.6 is 11.3 Å². The van der Waals surface area contributed by atoms with E-state index in [1.54, 1.807) is 11.3 Å². The van der Waals surface area contributed by atoms with E-state index >= 15 is 0 Å². The number of fused-ring (bicyclic) bond motifs is 2. The Kier molecular flexibility index (Phi) is 3.65. The Morgan fingerprint density at radius 2 is 1.92 bits per heavy atom. The molecule has 5 heteroatoms. The van der Waals surface area contributed by atoms with Crippen molar-refractivity contribution >= 4 is 38.0 Å². The smallest absolute Gasteiger partial charge is 0.120 e. The quantitative estimate of drug-likeness (QED) is 0.567. The van der Waals surface area contributed by atoms with E-state index in [4.69, 9.17) is 4.98 Å². The monoisotopic (exact) mass is 360 g/mol. The lowest BCUT2D eigenvalue weighted by atomic mass is 10.0. The molecule has 2 aromatic carbocycles.